The number of aromatic carboxylic acids is 1. The van der Waals surface area contributed by atoms with E-state index in [0.717, 1.165) is 31.5 Å². The van der Waals surface area contributed by atoms with Crippen LogP contribution < -0.4 is 4.90 Å². The zero-order chi connectivity index (χ0) is 14.1. The number of fused-ring (bicyclic) bond motifs is 1. The Balaban J connectivity index is 1.97. The summed E-state index contributed by atoms with van der Waals surface area (Å²) in [4.78, 5) is 13.2. The number of carbonyl (C=O) groups is 1. The molecule has 0 aromatic heterocycles. The van der Waals surface area contributed by atoms with Crippen LogP contribution in [-0.2, 0) is 4.74 Å². The Hall–Kier alpha value is -2.06. The molecule has 3 rings (SSSR count). The van der Waals surface area contributed by atoms with Crippen molar-refractivity contribution >= 4 is 11.7 Å². The first-order valence-corrected chi connectivity index (χ1v) is 6.86. The normalized spacial score (nSPS) is 25.1. The SMILES string of the molecule is N#Cc1cc(C(=O)O)ccc1N1CCOC2CCCC21. The Labute approximate surface area is 117 Å². The molecular formula is C15H16N2O3. The van der Waals surface area contributed by atoms with Crippen molar-refractivity contribution in [2.24, 2.45) is 0 Å². The van der Waals surface area contributed by atoms with Gasteiger partial charge in [0, 0.05) is 6.54 Å². The van der Waals surface area contributed by atoms with Crippen molar-refractivity contribution in [3.05, 3.63) is 29.3 Å². The maximum atomic E-state index is 11.0. The number of nitrogens with zero attached hydrogens (tertiary/aromatic N) is 2. The van der Waals surface area contributed by atoms with Crippen LogP contribution in [0.4, 0.5) is 5.69 Å². The summed E-state index contributed by atoms with van der Waals surface area (Å²) in [6.07, 6.45) is 3.52. The van der Waals surface area contributed by atoms with Gasteiger partial charge in [-0.25, -0.2) is 4.79 Å². The molecule has 1 aliphatic heterocycles. The van der Waals surface area contributed by atoms with Crippen LogP contribution in [0.5, 0.6) is 0 Å². The summed E-state index contributed by atoms with van der Waals surface area (Å²) in [5, 5.41) is 18.3. The van der Waals surface area contributed by atoms with Gasteiger partial charge in [0.15, 0.2) is 0 Å². The van der Waals surface area contributed by atoms with Crippen LogP contribution in [0.15, 0.2) is 18.2 Å². The number of carboxylic acids is 1. The second-order valence-electron chi connectivity index (χ2n) is 5.25. The van der Waals surface area contributed by atoms with Gasteiger partial charge in [-0.2, -0.15) is 5.26 Å². The highest BCUT2D eigenvalue weighted by molar-refractivity contribution is 5.89. The van der Waals surface area contributed by atoms with Crippen LogP contribution in [0.25, 0.3) is 0 Å². The summed E-state index contributed by atoms with van der Waals surface area (Å²) >= 11 is 0. The van der Waals surface area contributed by atoms with Gasteiger partial charge in [-0.3, -0.25) is 0 Å². The zero-order valence-electron chi connectivity index (χ0n) is 11.1. The molecule has 0 radical (unpaired) electrons. The molecule has 1 saturated heterocycles. The molecule has 0 spiro atoms. The fourth-order valence-corrected chi connectivity index (χ4v) is 3.23. The fraction of sp³-hybridized carbons (Fsp3) is 0.467. The molecule has 20 heavy (non-hydrogen) atoms. The molecule has 0 bridgehead atoms. The molecule has 1 aromatic rings. The monoisotopic (exact) mass is 272 g/mol. The molecule has 1 heterocycles. The van der Waals surface area contributed by atoms with E-state index in [2.05, 4.69) is 11.0 Å². The molecule has 5 heteroatoms. The Kier molecular flexibility index (Phi) is 3.33. The number of hydrogen-bond donors (Lipinski definition) is 1. The summed E-state index contributed by atoms with van der Waals surface area (Å²) in [7, 11) is 0. The van der Waals surface area contributed by atoms with Gasteiger partial charge in [0.2, 0.25) is 0 Å². The third-order valence-corrected chi connectivity index (χ3v) is 4.16. The third kappa shape index (κ3) is 2.12. The van der Waals surface area contributed by atoms with Gasteiger partial charge in [0.25, 0.3) is 0 Å². The van der Waals surface area contributed by atoms with Crippen molar-refractivity contribution in [1.82, 2.24) is 0 Å². The van der Waals surface area contributed by atoms with Crippen LogP contribution in [0, 0.1) is 11.3 Å². The topological polar surface area (TPSA) is 73.6 Å². The minimum Gasteiger partial charge on any atom is -0.478 e. The van der Waals surface area contributed by atoms with E-state index >= 15 is 0 Å². The lowest BCUT2D eigenvalue weighted by Crippen LogP contribution is -2.49. The molecule has 0 amide bonds. The standard InChI is InChI=1S/C15H16N2O3/c16-9-11-8-10(15(18)19)4-5-12(11)17-6-7-20-14-3-1-2-13(14)17/h4-5,8,13-14H,1-3,6-7H2,(H,18,19). The van der Waals surface area contributed by atoms with Gasteiger partial charge in [-0.1, -0.05) is 0 Å². The summed E-state index contributed by atoms with van der Waals surface area (Å²) in [6.45, 7) is 1.41. The summed E-state index contributed by atoms with van der Waals surface area (Å²) in [6, 6.07) is 7.21. The number of carboxylic acid groups (broad SMARTS) is 1. The first kappa shape index (κ1) is 12.9. The predicted molar refractivity (Wildman–Crippen MR) is 72.8 cm³/mol. The maximum absolute atomic E-state index is 11.0. The molecule has 2 aliphatic rings. The Morgan fingerprint density at radius 3 is 3.05 bits per heavy atom. The smallest absolute Gasteiger partial charge is 0.335 e. The van der Waals surface area contributed by atoms with Crippen LogP contribution >= 0.6 is 0 Å². The fourth-order valence-electron chi connectivity index (χ4n) is 3.23. The van der Waals surface area contributed by atoms with Crippen molar-refractivity contribution in [3.63, 3.8) is 0 Å². The van der Waals surface area contributed by atoms with E-state index < -0.39 is 5.97 Å². The maximum Gasteiger partial charge on any atom is 0.335 e. The highest BCUT2D eigenvalue weighted by Gasteiger charge is 2.36. The first-order valence-electron chi connectivity index (χ1n) is 6.86. The largest absolute Gasteiger partial charge is 0.478 e. The molecule has 1 saturated carbocycles. The van der Waals surface area contributed by atoms with Gasteiger partial charge in [0.1, 0.15) is 6.07 Å². The van der Waals surface area contributed by atoms with Crippen LogP contribution in [0.1, 0.15) is 35.2 Å². The minimum atomic E-state index is -1.01. The Bertz CT molecular complexity index is 579. The lowest BCUT2D eigenvalue weighted by molar-refractivity contribution is 0.0256. The first-order chi connectivity index (χ1) is 9.70. The molecule has 104 valence electrons. The van der Waals surface area contributed by atoms with Crippen molar-refractivity contribution in [3.8, 4) is 6.07 Å². The van der Waals surface area contributed by atoms with E-state index in [-0.39, 0.29) is 11.7 Å². The second kappa shape index (κ2) is 5.14. The van der Waals surface area contributed by atoms with Gasteiger partial charge in [-0.05, 0) is 37.5 Å². The molecule has 1 aliphatic carbocycles. The van der Waals surface area contributed by atoms with E-state index in [1.807, 2.05) is 0 Å². The minimum absolute atomic E-state index is 0.154. The van der Waals surface area contributed by atoms with Crippen molar-refractivity contribution in [2.75, 3.05) is 18.1 Å². The molecule has 2 atom stereocenters. The Morgan fingerprint density at radius 1 is 1.45 bits per heavy atom. The molecule has 2 fully saturated rings. The molecule has 1 N–H and O–H groups in total. The van der Waals surface area contributed by atoms with Crippen LogP contribution in [-0.4, -0.2) is 36.4 Å². The number of ether oxygens (including phenoxy) is 1. The number of benzene rings is 1. The van der Waals surface area contributed by atoms with E-state index in [0.29, 0.717) is 18.2 Å². The van der Waals surface area contributed by atoms with E-state index in [9.17, 15) is 10.1 Å². The van der Waals surface area contributed by atoms with E-state index in [4.69, 9.17) is 9.84 Å². The zero-order valence-corrected chi connectivity index (χ0v) is 11.1. The molecule has 2 unspecified atom stereocenters. The van der Waals surface area contributed by atoms with Crippen molar-refractivity contribution in [1.29, 1.82) is 5.26 Å². The number of hydrogen-bond acceptors (Lipinski definition) is 4. The van der Waals surface area contributed by atoms with Gasteiger partial charge < -0.3 is 14.7 Å². The third-order valence-electron chi connectivity index (χ3n) is 4.16. The Morgan fingerprint density at radius 2 is 2.30 bits per heavy atom. The summed E-state index contributed by atoms with van der Waals surface area (Å²) in [5.74, 6) is -1.01. The highest BCUT2D eigenvalue weighted by atomic mass is 16.5. The second-order valence-corrected chi connectivity index (χ2v) is 5.25. The van der Waals surface area contributed by atoms with E-state index in [1.54, 1.807) is 12.1 Å². The highest BCUT2D eigenvalue weighted by Crippen LogP contribution is 2.34. The number of nitriles is 1. The van der Waals surface area contributed by atoms with Gasteiger partial charge >= 0.3 is 5.97 Å². The quantitative estimate of drug-likeness (QED) is 0.891. The summed E-state index contributed by atoms with van der Waals surface area (Å²) in [5.41, 5.74) is 1.41. The molecular weight excluding hydrogens is 256 g/mol. The van der Waals surface area contributed by atoms with Gasteiger partial charge in [-0.15, -0.1) is 0 Å². The molecule has 1 aromatic carbocycles. The van der Waals surface area contributed by atoms with Crippen molar-refractivity contribution < 1.29 is 14.6 Å². The number of morpholine rings is 1. The number of rotatable bonds is 2. The van der Waals surface area contributed by atoms with Gasteiger partial charge in [0.05, 0.1) is 35.6 Å². The predicted octanol–water partition coefficient (Wildman–Crippen LogP) is 2.01. The molecule has 5 nitrogen and oxygen atoms in total. The summed E-state index contributed by atoms with van der Waals surface area (Å²) < 4.78 is 5.77. The lowest BCUT2D eigenvalue weighted by atomic mass is 10.0. The van der Waals surface area contributed by atoms with E-state index in [1.165, 1.54) is 6.07 Å². The average Bonchev–Trinajstić information content (AvgIpc) is 2.94. The van der Waals surface area contributed by atoms with Crippen molar-refractivity contribution in [2.45, 2.75) is 31.4 Å². The van der Waals surface area contributed by atoms with Crippen LogP contribution in [0.2, 0.25) is 0 Å². The van der Waals surface area contributed by atoms with Crippen LogP contribution in [0.3, 0.4) is 0 Å². The number of anilines is 1. The lowest BCUT2D eigenvalue weighted by Gasteiger charge is -2.39. The average molecular weight is 272 g/mol.